The van der Waals surface area contributed by atoms with Crippen molar-refractivity contribution in [2.75, 3.05) is 26.5 Å². The van der Waals surface area contributed by atoms with Crippen molar-refractivity contribution in [1.82, 2.24) is 0 Å². The number of carboxylic acids is 1. The third-order valence-corrected chi connectivity index (χ3v) is 7.25. The Balaban J connectivity index is 3.04. The van der Waals surface area contributed by atoms with Gasteiger partial charge < -0.3 is 19.3 Å². The van der Waals surface area contributed by atoms with Gasteiger partial charge in [0.1, 0.15) is 13.2 Å². The second-order valence-corrected chi connectivity index (χ2v) is 12.0. The van der Waals surface area contributed by atoms with E-state index >= 15 is 0 Å². The number of aromatic carboxylic acids is 1. The molecule has 0 amide bonds. The lowest BCUT2D eigenvalue weighted by Gasteiger charge is -2.37. The minimum absolute atomic E-state index is 0.119. The van der Waals surface area contributed by atoms with Gasteiger partial charge >= 0.3 is 23.9 Å². The second kappa shape index (κ2) is 11.9. The topological polar surface area (TPSA) is 116 Å². The summed E-state index contributed by atoms with van der Waals surface area (Å²) in [6.45, 7) is 14.5. The Morgan fingerprint density at radius 2 is 1.58 bits per heavy atom. The van der Waals surface area contributed by atoms with E-state index in [1.807, 2.05) is 41.0 Å². The van der Waals surface area contributed by atoms with Crippen LogP contribution in [0.1, 0.15) is 54.8 Å². The van der Waals surface area contributed by atoms with Crippen molar-refractivity contribution in [2.24, 2.45) is 5.41 Å². The Kier molecular flexibility index (Phi) is 10.2. The van der Waals surface area contributed by atoms with E-state index in [2.05, 4.69) is 6.58 Å². The lowest BCUT2D eigenvalue weighted by atomic mass is 9.85. The Hall–Kier alpha value is -2.73. The highest BCUT2D eigenvalue weighted by Gasteiger charge is 2.41. The van der Waals surface area contributed by atoms with Gasteiger partial charge in [-0.2, -0.15) is 0 Å². The molecule has 0 fully saturated rings. The minimum Gasteiger partial charge on any atom is -0.478 e. The number of carbonyl (C=O) groups is 4. The molecule has 0 aromatic heterocycles. The van der Waals surface area contributed by atoms with Gasteiger partial charge in [-0.1, -0.05) is 47.4 Å². The molecule has 1 aromatic carbocycles. The maximum atomic E-state index is 13.0. The van der Waals surface area contributed by atoms with Crippen molar-refractivity contribution in [3.63, 3.8) is 0 Å². The van der Waals surface area contributed by atoms with Gasteiger partial charge in [0.15, 0.2) is 6.10 Å². The first kappa shape index (κ1) is 28.3. The highest BCUT2D eigenvalue weighted by molar-refractivity contribution is 7.58. The molecule has 0 radical (unpaired) electrons. The summed E-state index contributed by atoms with van der Waals surface area (Å²) >= 11 is 0. The molecule has 0 bridgehead atoms. The number of carboxylic acid groups (broad SMARTS) is 1. The van der Waals surface area contributed by atoms with E-state index in [1.165, 1.54) is 24.3 Å². The number of rotatable bonds is 11. The van der Waals surface area contributed by atoms with Crippen LogP contribution in [0.3, 0.4) is 0 Å². The van der Waals surface area contributed by atoms with Crippen LogP contribution in [0.5, 0.6) is 0 Å². The van der Waals surface area contributed by atoms with Crippen molar-refractivity contribution in [3.05, 3.63) is 48.0 Å². The molecule has 8 nitrogen and oxygen atoms in total. The maximum absolute atomic E-state index is 13.0. The summed E-state index contributed by atoms with van der Waals surface area (Å²) < 4.78 is 15.9. The van der Waals surface area contributed by atoms with Crippen LogP contribution in [0.25, 0.3) is 0 Å². The van der Waals surface area contributed by atoms with Gasteiger partial charge in [0.2, 0.25) is 0 Å². The highest BCUT2D eigenvalue weighted by Crippen LogP contribution is 2.50. The van der Waals surface area contributed by atoms with Crippen LogP contribution in [-0.4, -0.2) is 66.8 Å². The fraction of sp³-hybridized carbons (Fsp3) is 0.500. The van der Waals surface area contributed by atoms with Crippen molar-refractivity contribution in [1.29, 1.82) is 0 Å². The summed E-state index contributed by atoms with van der Waals surface area (Å²) in [5, 5.41) is 8.59. The largest absolute Gasteiger partial charge is 0.478 e. The van der Waals surface area contributed by atoms with Crippen molar-refractivity contribution in [2.45, 2.75) is 45.4 Å². The summed E-state index contributed by atoms with van der Waals surface area (Å²) in [7, 11) is -0.712. The molecule has 182 valence electrons. The first-order valence-corrected chi connectivity index (χ1v) is 12.6. The molecule has 0 saturated carbocycles. The molecule has 2 atom stereocenters. The number of esters is 3. The zero-order chi connectivity index (χ0) is 25.4. The molecule has 0 spiro atoms. The molecular weight excluding hydrogens is 447 g/mol. The van der Waals surface area contributed by atoms with Gasteiger partial charge in [-0.25, -0.2) is 14.4 Å². The molecule has 0 saturated heterocycles. The molecule has 0 aliphatic carbocycles. The van der Waals surface area contributed by atoms with Gasteiger partial charge in [-0.3, -0.25) is 4.79 Å². The summed E-state index contributed by atoms with van der Waals surface area (Å²) in [6, 6.07) is 5.56. The lowest BCUT2D eigenvalue weighted by molar-refractivity contribution is -0.153. The van der Waals surface area contributed by atoms with Crippen molar-refractivity contribution >= 4 is 31.8 Å². The molecule has 1 N–H and O–H groups in total. The summed E-state index contributed by atoms with van der Waals surface area (Å²) in [5.74, 6) is -3.40. The van der Waals surface area contributed by atoms with Crippen LogP contribution in [0.4, 0.5) is 0 Å². The van der Waals surface area contributed by atoms with E-state index in [-0.39, 0.29) is 29.8 Å². The van der Waals surface area contributed by atoms with E-state index in [9.17, 15) is 24.3 Å². The molecule has 1 rings (SSSR count). The second-order valence-electron chi connectivity index (χ2n) is 9.22. The normalized spacial score (nSPS) is 14.0. The number of hydrogen-bond donors (Lipinski definition) is 1. The quantitative estimate of drug-likeness (QED) is 0.218. The Morgan fingerprint density at radius 1 is 1.03 bits per heavy atom. The number of hydrogen-bond acceptors (Lipinski definition) is 7. The van der Waals surface area contributed by atoms with Gasteiger partial charge in [0, 0.05) is 6.08 Å². The maximum Gasteiger partial charge on any atom is 0.339 e. The molecule has 33 heavy (non-hydrogen) atoms. The molecule has 0 aliphatic rings. The number of benzene rings is 1. The van der Waals surface area contributed by atoms with Crippen LogP contribution in [-0.2, 0) is 23.8 Å². The van der Waals surface area contributed by atoms with Gasteiger partial charge in [-0.05, 0) is 44.2 Å². The van der Waals surface area contributed by atoms with E-state index < -0.39 is 43.1 Å². The summed E-state index contributed by atoms with van der Waals surface area (Å²) in [4.78, 5) is 48.6. The monoisotopic (exact) mass is 480 g/mol. The molecule has 2 unspecified atom stereocenters. The molecular formula is C24H33O8P. The molecule has 0 aliphatic heterocycles. The van der Waals surface area contributed by atoms with Crippen LogP contribution in [0, 0.1) is 5.41 Å². The average molecular weight is 480 g/mol. The third kappa shape index (κ3) is 8.61. The van der Waals surface area contributed by atoms with E-state index in [0.717, 1.165) is 6.08 Å². The number of carbonyl (C=O) groups excluding carboxylic acids is 3. The van der Waals surface area contributed by atoms with Gasteiger partial charge in [-0.15, -0.1) is 0 Å². The van der Waals surface area contributed by atoms with Gasteiger partial charge in [0.25, 0.3) is 0 Å². The smallest absolute Gasteiger partial charge is 0.339 e. The van der Waals surface area contributed by atoms with Gasteiger partial charge in [0.05, 0.1) is 16.3 Å². The minimum atomic E-state index is -1.29. The van der Waals surface area contributed by atoms with Crippen LogP contribution in [0.15, 0.2) is 36.9 Å². The zero-order valence-electron chi connectivity index (χ0n) is 20.0. The fourth-order valence-corrected chi connectivity index (χ4v) is 4.40. The van der Waals surface area contributed by atoms with Crippen molar-refractivity contribution in [3.8, 4) is 0 Å². The Bertz CT molecular complexity index is 887. The SMILES string of the molecule is C=CC(=O)OCC(COC(=O)C(C)(CC(C)(C)C)P(C)C)OC(=O)c1ccccc1C(=O)O. The lowest BCUT2D eigenvalue weighted by Crippen LogP contribution is -2.41. The first-order chi connectivity index (χ1) is 15.2. The van der Waals surface area contributed by atoms with Crippen molar-refractivity contribution < 1.29 is 38.5 Å². The Labute approximate surface area is 196 Å². The number of ether oxygens (including phenoxy) is 3. The molecule has 9 heteroatoms. The van der Waals surface area contributed by atoms with Crippen LogP contribution in [0.2, 0.25) is 0 Å². The predicted molar refractivity (Wildman–Crippen MR) is 126 cm³/mol. The van der Waals surface area contributed by atoms with E-state index in [1.54, 1.807) is 0 Å². The van der Waals surface area contributed by atoms with E-state index in [4.69, 9.17) is 14.2 Å². The van der Waals surface area contributed by atoms with Crippen LogP contribution >= 0.6 is 7.92 Å². The summed E-state index contributed by atoms with van der Waals surface area (Å²) in [6.07, 6.45) is 0.414. The highest BCUT2D eigenvalue weighted by atomic mass is 31.1. The zero-order valence-corrected chi connectivity index (χ0v) is 20.9. The predicted octanol–water partition coefficient (Wildman–Crippen LogP) is 4.12. The molecule has 1 aromatic rings. The fourth-order valence-electron chi connectivity index (χ4n) is 3.18. The molecule has 0 heterocycles. The van der Waals surface area contributed by atoms with Crippen LogP contribution < -0.4 is 0 Å². The standard InChI is InChI=1S/C24H33O8P/c1-8-19(25)30-13-16(32-21(28)18-12-10-9-11-17(18)20(26)27)14-31-22(29)24(5,33(6)7)15-23(2,3)4/h8-12,16H,1,13-15H2,2-7H3,(H,26,27). The third-order valence-electron chi connectivity index (χ3n) is 4.93. The average Bonchev–Trinajstić information content (AvgIpc) is 2.73. The first-order valence-electron chi connectivity index (χ1n) is 10.4. The van der Waals surface area contributed by atoms with E-state index in [0.29, 0.717) is 6.42 Å². The Morgan fingerprint density at radius 3 is 2.06 bits per heavy atom. The summed E-state index contributed by atoms with van der Waals surface area (Å²) in [5.41, 5.74) is -0.520.